The summed E-state index contributed by atoms with van der Waals surface area (Å²) in [7, 11) is -2.70. The number of hydrogen-bond donors (Lipinski definition) is 1. The minimum Gasteiger partial charge on any atom is -0.495 e. The Morgan fingerprint density at radius 1 is 1.20 bits per heavy atom. The van der Waals surface area contributed by atoms with E-state index in [1.807, 2.05) is 0 Å². The number of amides is 1. The SMILES string of the molecule is COc1ccc(F)cc1S(=O)(=O)N1CCC[C@H](C(=O)Nc2ccc3c(c2)OCO3)C1. The Hall–Kier alpha value is -2.85. The number of nitrogens with zero attached hydrogens (tertiary/aromatic N) is 1. The van der Waals surface area contributed by atoms with E-state index in [1.54, 1.807) is 18.2 Å². The van der Waals surface area contributed by atoms with E-state index in [4.69, 9.17) is 14.2 Å². The van der Waals surface area contributed by atoms with Crippen molar-refractivity contribution in [3.05, 3.63) is 42.2 Å². The third-order valence-electron chi connectivity index (χ3n) is 5.14. The number of halogens is 1. The molecule has 30 heavy (non-hydrogen) atoms. The molecule has 1 N–H and O–H groups in total. The number of rotatable bonds is 5. The predicted octanol–water partition coefficient (Wildman–Crippen LogP) is 2.60. The summed E-state index contributed by atoms with van der Waals surface area (Å²) in [4.78, 5) is 12.5. The molecule has 2 aromatic carbocycles. The molecule has 0 saturated carbocycles. The number of piperidine rings is 1. The van der Waals surface area contributed by atoms with E-state index in [2.05, 4.69) is 5.32 Å². The van der Waals surface area contributed by atoms with Crippen molar-refractivity contribution in [2.45, 2.75) is 17.7 Å². The molecule has 0 unspecified atom stereocenters. The van der Waals surface area contributed by atoms with Gasteiger partial charge in [-0.3, -0.25) is 4.79 Å². The Morgan fingerprint density at radius 3 is 2.80 bits per heavy atom. The van der Waals surface area contributed by atoms with Crippen LogP contribution in [-0.2, 0) is 14.8 Å². The van der Waals surface area contributed by atoms with Gasteiger partial charge in [0.25, 0.3) is 0 Å². The third-order valence-corrected chi connectivity index (χ3v) is 7.02. The lowest BCUT2D eigenvalue weighted by molar-refractivity contribution is -0.120. The molecule has 1 saturated heterocycles. The highest BCUT2D eigenvalue weighted by Crippen LogP contribution is 2.35. The number of benzene rings is 2. The second-order valence-electron chi connectivity index (χ2n) is 7.05. The number of sulfonamides is 1. The average molecular weight is 436 g/mol. The molecular weight excluding hydrogens is 415 g/mol. The fourth-order valence-corrected chi connectivity index (χ4v) is 5.28. The molecule has 2 aromatic rings. The molecule has 1 amide bonds. The molecule has 0 aliphatic carbocycles. The quantitative estimate of drug-likeness (QED) is 0.774. The zero-order chi connectivity index (χ0) is 21.3. The molecule has 0 aromatic heterocycles. The van der Waals surface area contributed by atoms with Crippen molar-refractivity contribution in [3.63, 3.8) is 0 Å². The van der Waals surface area contributed by atoms with Crippen LogP contribution >= 0.6 is 0 Å². The maximum Gasteiger partial charge on any atom is 0.246 e. The van der Waals surface area contributed by atoms with Crippen LogP contribution in [0.15, 0.2) is 41.3 Å². The molecule has 160 valence electrons. The van der Waals surface area contributed by atoms with Crippen molar-refractivity contribution in [2.75, 3.05) is 32.3 Å². The fraction of sp³-hybridized carbons (Fsp3) is 0.350. The minimum atomic E-state index is -4.02. The van der Waals surface area contributed by atoms with Gasteiger partial charge in [-0.05, 0) is 43.2 Å². The summed E-state index contributed by atoms with van der Waals surface area (Å²) >= 11 is 0. The molecule has 10 heteroatoms. The molecule has 2 aliphatic rings. The largest absolute Gasteiger partial charge is 0.495 e. The van der Waals surface area contributed by atoms with E-state index in [0.717, 1.165) is 12.1 Å². The molecule has 0 spiro atoms. The number of hydrogen-bond acceptors (Lipinski definition) is 6. The van der Waals surface area contributed by atoms with E-state index >= 15 is 0 Å². The summed E-state index contributed by atoms with van der Waals surface area (Å²) in [6.45, 7) is 0.375. The van der Waals surface area contributed by atoms with Gasteiger partial charge in [0.2, 0.25) is 22.7 Å². The topological polar surface area (TPSA) is 94.2 Å². The van der Waals surface area contributed by atoms with Crippen molar-refractivity contribution in [3.8, 4) is 17.2 Å². The van der Waals surface area contributed by atoms with Crippen LogP contribution in [0.5, 0.6) is 17.2 Å². The predicted molar refractivity (Wildman–Crippen MR) is 106 cm³/mol. The first-order valence-electron chi connectivity index (χ1n) is 9.42. The van der Waals surface area contributed by atoms with E-state index < -0.39 is 21.8 Å². The van der Waals surface area contributed by atoms with Gasteiger partial charge in [0, 0.05) is 24.8 Å². The number of ether oxygens (including phenoxy) is 3. The standard InChI is InChI=1S/C20H21FN2O6S/c1-27-17-6-4-14(21)9-19(17)30(25,26)23-8-2-3-13(11-23)20(24)22-15-5-7-16-18(10-15)29-12-28-16/h4-7,9-10,13H,2-3,8,11-12H2,1H3,(H,22,24)/t13-/m0/s1. The number of methoxy groups -OCH3 is 1. The summed E-state index contributed by atoms with van der Waals surface area (Å²) < 4.78 is 56.7. The number of carbonyl (C=O) groups excluding carboxylic acids is 1. The number of anilines is 1. The number of fused-ring (bicyclic) bond motifs is 1. The van der Waals surface area contributed by atoms with Gasteiger partial charge in [0.05, 0.1) is 13.0 Å². The summed E-state index contributed by atoms with van der Waals surface area (Å²) in [6, 6.07) is 8.40. The lowest BCUT2D eigenvalue weighted by Gasteiger charge is -2.31. The van der Waals surface area contributed by atoms with Crippen molar-refractivity contribution < 1.29 is 31.8 Å². The molecular formula is C20H21FN2O6S. The van der Waals surface area contributed by atoms with Crippen LogP contribution in [-0.4, -0.2) is 45.6 Å². The van der Waals surface area contributed by atoms with Crippen molar-refractivity contribution in [2.24, 2.45) is 5.92 Å². The molecule has 8 nitrogen and oxygen atoms in total. The van der Waals surface area contributed by atoms with Crippen LogP contribution in [0.25, 0.3) is 0 Å². The lowest BCUT2D eigenvalue weighted by atomic mass is 9.98. The molecule has 0 radical (unpaired) electrons. The van der Waals surface area contributed by atoms with Gasteiger partial charge >= 0.3 is 0 Å². The van der Waals surface area contributed by atoms with Crippen LogP contribution < -0.4 is 19.5 Å². The summed E-state index contributed by atoms with van der Waals surface area (Å²) in [5, 5.41) is 2.80. The molecule has 4 rings (SSSR count). The Kier molecular flexibility index (Phi) is 5.52. The van der Waals surface area contributed by atoms with Crippen molar-refractivity contribution in [1.82, 2.24) is 4.31 Å². The number of nitrogens with one attached hydrogen (secondary N) is 1. The number of carbonyl (C=O) groups is 1. The average Bonchev–Trinajstić information content (AvgIpc) is 3.21. The van der Waals surface area contributed by atoms with Gasteiger partial charge in [-0.15, -0.1) is 0 Å². The molecule has 2 aliphatic heterocycles. The van der Waals surface area contributed by atoms with Gasteiger partial charge in [-0.25, -0.2) is 12.8 Å². The van der Waals surface area contributed by atoms with Crippen LogP contribution in [0.1, 0.15) is 12.8 Å². The zero-order valence-electron chi connectivity index (χ0n) is 16.3. The molecule has 2 heterocycles. The lowest BCUT2D eigenvalue weighted by Crippen LogP contribution is -2.43. The highest BCUT2D eigenvalue weighted by molar-refractivity contribution is 7.89. The Bertz CT molecular complexity index is 1070. The molecule has 0 bridgehead atoms. The van der Waals surface area contributed by atoms with Crippen molar-refractivity contribution >= 4 is 21.6 Å². The van der Waals surface area contributed by atoms with Gasteiger partial charge in [-0.2, -0.15) is 4.31 Å². The second kappa shape index (κ2) is 8.11. The summed E-state index contributed by atoms with van der Waals surface area (Å²) in [6.07, 6.45) is 1.05. The van der Waals surface area contributed by atoms with Crippen LogP contribution in [0, 0.1) is 11.7 Å². The maximum atomic E-state index is 13.7. The van der Waals surface area contributed by atoms with E-state index in [0.29, 0.717) is 30.0 Å². The van der Waals surface area contributed by atoms with E-state index in [-0.39, 0.29) is 36.4 Å². The van der Waals surface area contributed by atoms with E-state index in [9.17, 15) is 17.6 Å². The first-order valence-corrected chi connectivity index (χ1v) is 10.9. The Morgan fingerprint density at radius 2 is 2.00 bits per heavy atom. The Labute approximate surface area is 173 Å². The zero-order valence-corrected chi connectivity index (χ0v) is 17.1. The van der Waals surface area contributed by atoms with Gasteiger partial charge in [0.15, 0.2) is 11.5 Å². The maximum absolute atomic E-state index is 13.7. The normalized spacial score (nSPS) is 18.8. The fourth-order valence-electron chi connectivity index (χ4n) is 3.58. The van der Waals surface area contributed by atoms with Gasteiger partial charge in [-0.1, -0.05) is 0 Å². The second-order valence-corrected chi connectivity index (χ2v) is 8.96. The van der Waals surface area contributed by atoms with Crippen LogP contribution in [0.2, 0.25) is 0 Å². The molecule has 1 fully saturated rings. The Balaban J connectivity index is 1.50. The highest BCUT2D eigenvalue weighted by atomic mass is 32.2. The van der Waals surface area contributed by atoms with Gasteiger partial charge < -0.3 is 19.5 Å². The van der Waals surface area contributed by atoms with Crippen LogP contribution in [0.3, 0.4) is 0 Å². The summed E-state index contributed by atoms with van der Waals surface area (Å²) in [5.41, 5.74) is 0.538. The van der Waals surface area contributed by atoms with E-state index in [1.165, 1.54) is 17.5 Å². The van der Waals surface area contributed by atoms with Crippen LogP contribution in [0.4, 0.5) is 10.1 Å². The summed E-state index contributed by atoms with van der Waals surface area (Å²) in [5.74, 6) is -0.309. The van der Waals surface area contributed by atoms with Crippen molar-refractivity contribution in [1.29, 1.82) is 0 Å². The highest BCUT2D eigenvalue weighted by Gasteiger charge is 2.35. The first-order chi connectivity index (χ1) is 14.4. The third kappa shape index (κ3) is 3.92. The van der Waals surface area contributed by atoms with Gasteiger partial charge in [0.1, 0.15) is 16.5 Å². The first kappa shape index (κ1) is 20.4. The molecule has 1 atom stereocenters. The minimum absolute atomic E-state index is 0.00160. The smallest absolute Gasteiger partial charge is 0.246 e. The monoisotopic (exact) mass is 436 g/mol.